The van der Waals surface area contributed by atoms with Crippen LogP contribution in [0.25, 0.3) is 0 Å². The van der Waals surface area contributed by atoms with Crippen molar-refractivity contribution in [3.63, 3.8) is 0 Å². The molecule has 2 saturated heterocycles. The first kappa shape index (κ1) is 15.8. The van der Waals surface area contributed by atoms with Crippen molar-refractivity contribution in [3.8, 4) is 0 Å². The molecule has 5 unspecified atom stereocenters. The van der Waals surface area contributed by atoms with Crippen molar-refractivity contribution in [1.82, 2.24) is 15.1 Å². The molecular formula is C18H35N3. The van der Waals surface area contributed by atoms with Crippen LogP contribution in [0.2, 0.25) is 0 Å². The molecule has 3 heteroatoms. The van der Waals surface area contributed by atoms with Gasteiger partial charge in [-0.1, -0.05) is 13.3 Å². The van der Waals surface area contributed by atoms with Crippen molar-refractivity contribution in [2.45, 2.75) is 70.0 Å². The minimum Gasteiger partial charge on any atom is -0.317 e. The van der Waals surface area contributed by atoms with E-state index in [1.807, 2.05) is 0 Å². The summed E-state index contributed by atoms with van der Waals surface area (Å²) in [5, 5.41) is 3.61. The Morgan fingerprint density at radius 3 is 2.62 bits per heavy atom. The van der Waals surface area contributed by atoms with Crippen molar-refractivity contribution in [2.24, 2.45) is 11.8 Å². The molecule has 2 aliphatic heterocycles. The summed E-state index contributed by atoms with van der Waals surface area (Å²) in [5.74, 6) is 1.85. The molecule has 21 heavy (non-hydrogen) atoms. The fourth-order valence-electron chi connectivity index (χ4n) is 5.19. The van der Waals surface area contributed by atoms with Gasteiger partial charge in [-0.15, -0.1) is 0 Å². The maximum atomic E-state index is 3.61. The highest BCUT2D eigenvalue weighted by molar-refractivity contribution is 4.93. The Hall–Kier alpha value is -0.120. The Balaban J connectivity index is 1.59. The van der Waals surface area contributed by atoms with Crippen LogP contribution < -0.4 is 5.32 Å². The summed E-state index contributed by atoms with van der Waals surface area (Å²) in [6.45, 7) is 6.35. The smallest absolute Gasteiger partial charge is 0.0223 e. The van der Waals surface area contributed by atoms with Crippen molar-refractivity contribution in [3.05, 3.63) is 0 Å². The second-order valence-electron chi connectivity index (χ2n) is 7.84. The lowest BCUT2D eigenvalue weighted by atomic mass is 9.76. The molecule has 122 valence electrons. The Labute approximate surface area is 131 Å². The van der Waals surface area contributed by atoms with E-state index in [1.165, 1.54) is 64.6 Å². The van der Waals surface area contributed by atoms with E-state index in [9.17, 15) is 0 Å². The van der Waals surface area contributed by atoms with Crippen LogP contribution in [0.1, 0.15) is 51.9 Å². The Kier molecular flexibility index (Phi) is 5.23. The second kappa shape index (κ2) is 6.97. The summed E-state index contributed by atoms with van der Waals surface area (Å²) in [5.41, 5.74) is 0. The number of rotatable bonds is 4. The van der Waals surface area contributed by atoms with Gasteiger partial charge in [0.2, 0.25) is 0 Å². The first-order valence-electron chi connectivity index (χ1n) is 9.32. The van der Waals surface area contributed by atoms with Crippen molar-refractivity contribution in [2.75, 3.05) is 33.7 Å². The fourth-order valence-corrected chi connectivity index (χ4v) is 5.19. The van der Waals surface area contributed by atoms with Gasteiger partial charge in [-0.25, -0.2) is 0 Å². The molecule has 2 heterocycles. The minimum absolute atomic E-state index is 0.756. The van der Waals surface area contributed by atoms with Crippen LogP contribution in [-0.4, -0.2) is 61.7 Å². The van der Waals surface area contributed by atoms with Crippen LogP contribution in [0.15, 0.2) is 0 Å². The van der Waals surface area contributed by atoms with Gasteiger partial charge >= 0.3 is 0 Å². The summed E-state index contributed by atoms with van der Waals surface area (Å²) in [6, 6.07) is 2.46. The molecule has 2 bridgehead atoms. The van der Waals surface area contributed by atoms with Crippen LogP contribution >= 0.6 is 0 Å². The third-order valence-corrected chi connectivity index (χ3v) is 6.76. The van der Waals surface area contributed by atoms with Gasteiger partial charge in [0.1, 0.15) is 0 Å². The van der Waals surface area contributed by atoms with Crippen LogP contribution in [-0.2, 0) is 0 Å². The van der Waals surface area contributed by atoms with Crippen LogP contribution in [0.3, 0.4) is 0 Å². The molecule has 0 aromatic heterocycles. The SMILES string of the molecule is CCC1CCC(NC)C(CN2CCC3CCC(C2)N3C)C1. The number of likely N-dealkylation sites (N-methyl/N-ethyl adjacent to an activating group) is 1. The fraction of sp³-hybridized carbons (Fsp3) is 1.00. The van der Waals surface area contributed by atoms with Crippen molar-refractivity contribution >= 4 is 0 Å². The number of likely N-dealkylation sites (tertiary alicyclic amines) is 1. The third-order valence-electron chi connectivity index (χ3n) is 6.76. The Morgan fingerprint density at radius 1 is 1.05 bits per heavy atom. The molecule has 1 N–H and O–H groups in total. The van der Waals surface area contributed by atoms with E-state index in [-0.39, 0.29) is 0 Å². The highest BCUT2D eigenvalue weighted by Gasteiger charge is 2.36. The maximum absolute atomic E-state index is 3.61. The van der Waals surface area contributed by atoms with E-state index >= 15 is 0 Å². The Bertz CT molecular complexity index is 332. The van der Waals surface area contributed by atoms with Gasteiger partial charge in [0, 0.05) is 31.2 Å². The molecule has 3 nitrogen and oxygen atoms in total. The lowest BCUT2D eigenvalue weighted by Crippen LogP contribution is -2.46. The molecule has 0 aromatic rings. The highest BCUT2D eigenvalue weighted by atomic mass is 15.3. The van der Waals surface area contributed by atoms with Gasteiger partial charge in [0.05, 0.1) is 0 Å². The predicted octanol–water partition coefficient (Wildman–Crippen LogP) is 2.57. The van der Waals surface area contributed by atoms with Gasteiger partial charge in [-0.2, -0.15) is 0 Å². The average molecular weight is 293 g/mol. The van der Waals surface area contributed by atoms with Gasteiger partial charge in [0.15, 0.2) is 0 Å². The van der Waals surface area contributed by atoms with E-state index in [2.05, 4.69) is 36.1 Å². The van der Waals surface area contributed by atoms with Crippen LogP contribution in [0.4, 0.5) is 0 Å². The summed E-state index contributed by atoms with van der Waals surface area (Å²) < 4.78 is 0. The number of hydrogen-bond acceptors (Lipinski definition) is 3. The van der Waals surface area contributed by atoms with Gasteiger partial charge in [0.25, 0.3) is 0 Å². The number of nitrogens with one attached hydrogen (secondary N) is 1. The van der Waals surface area contributed by atoms with E-state index in [0.29, 0.717) is 0 Å². The standard InChI is InChI=1S/C18H35N3/c1-4-14-5-8-18(19-2)15(11-14)12-21-10-9-16-6-7-17(13-21)20(16)3/h14-19H,4-13H2,1-3H3. The lowest BCUT2D eigenvalue weighted by molar-refractivity contribution is 0.133. The zero-order valence-electron chi connectivity index (χ0n) is 14.4. The molecule has 3 fully saturated rings. The predicted molar refractivity (Wildman–Crippen MR) is 89.6 cm³/mol. The van der Waals surface area contributed by atoms with Crippen molar-refractivity contribution < 1.29 is 0 Å². The van der Waals surface area contributed by atoms with Crippen molar-refractivity contribution in [1.29, 1.82) is 0 Å². The van der Waals surface area contributed by atoms with Gasteiger partial charge < -0.3 is 10.2 Å². The lowest BCUT2D eigenvalue weighted by Gasteiger charge is -2.39. The quantitative estimate of drug-likeness (QED) is 0.859. The molecule has 0 spiro atoms. The highest BCUT2D eigenvalue weighted by Crippen LogP contribution is 2.34. The summed E-state index contributed by atoms with van der Waals surface area (Å²) >= 11 is 0. The molecule has 1 aliphatic carbocycles. The molecule has 3 aliphatic rings. The van der Waals surface area contributed by atoms with E-state index in [1.54, 1.807) is 0 Å². The molecular weight excluding hydrogens is 258 g/mol. The topological polar surface area (TPSA) is 18.5 Å². The largest absolute Gasteiger partial charge is 0.317 e. The van der Waals surface area contributed by atoms with Crippen LogP contribution in [0, 0.1) is 11.8 Å². The third kappa shape index (κ3) is 3.46. The molecule has 5 atom stereocenters. The molecule has 3 rings (SSSR count). The monoisotopic (exact) mass is 293 g/mol. The minimum atomic E-state index is 0.756. The number of fused-ring (bicyclic) bond motifs is 2. The van der Waals surface area contributed by atoms with Gasteiger partial charge in [-0.05, 0) is 71.0 Å². The molecule has 1 saturated carbocycles. The first-order valence-corrected chi connectivity index (χ1v) is 9.32. The van der Waals surface area contributed by atoms with E-state index < -0.39 is 0 Å². The van der Waals surface area contributed by atoms with Gasteiger partial charge in [-0.3, -0.25) is 4.90 Å². The maximum Gasteiger partial charge on any atom is 0.0223 e. The van der Waals surface area contributed by atoms with E-state index in [4.69, 9.17) is 0 Å². The summed E-state index contributed by atoms with van der Waals surface area (Å²) in [7, 11) is 4.53. The zero-order valence-corrected chi connectivity index (χ0v) is 14.4. The second-order valence-corrected chi connectivity index (χ2v) is 7.84. The normalized spacial score (nSPS) is 42.1. The average Bonchev–Trinajstić information content (AvgIpc) is 2.75. The Morgan fingerprint density at radius 2 is 1.86 bits per heavy atom. The van der Waals surface area contributed by atoms with Crippen LogP contribution in [0.5, 0.6) is 0 Å². The first-order chi connectivity index (χ1) is 10.2. The molecule has 0 amide bonds. The summed E-state index contributed by atoms with van der Waals surface area (Å²) in [4.78, 5) is 5.47. The molecule has 0 aromatic carbocycles. The zero-order chi connectivity index (χ0) is 14.8. The number of nitrogens with zero attached hydrogens (tertiary/aromatic N) is 2. The molecule has 0 radical (unpaired) electrons. The summed E-state index contributed by atoms with van der Waals surface area (Å²) in [6.07, 6.45) is 9.90. The number of hydrogen-bond donors (Lipinski definition) is 1. The van der Waals surface area contributed by atoms with E-state index in [0.717, 1.165) is 30.0 Å².